The van der Waals surface area contributed by atoms with Crippen molar-refractivity contribution in [2.45, 2.75) is 52.1 Å². The highest BCUT2D eigenvalue weighted by Crippen LogP contribution is 2.13. The van der Waals surface area contributed by atoms with Gasteiger partial charge in [0.15, 0.2) is 0 Å². The second-order valence-electron chi connectivity index (χ2n) is 6.34. The average Bonchev–Trinajstić information content (AvgIpc) is 2.58. The minimum Gasteiger partial charge on any atom is -0.480 e. The molecular formula is C15H29N3O3. The van der Waals surface area contributed by atoms with Gasteiger partial charge in [-0.05, 0) is 38.8 Å². The molecule has 1 aliphatic heterocycles. The molecule has 0 aromatic heterocycles. The highest BCUT2D eigenvalue weighted by atomic mass is 16.4. The molecule has 2 amide bonds. The van der Waals surface area contributed by atoms with E-state index in [0.717, 1.165) is 25.9 Å². The van der Waals surface area contributed by atoms with Gasteiger partial charge >= 0.3 is 12.0 Å². The second kappa shape index (κ2) is 8.22. The first-order valence-electron chi connectivity index (χ1n) is 7.83. The van der Waals surface area contributed by atoms with Crippen molar-refractivity contribution < 1.29 is 14.7 Å². The Hall–Kier alpha value is -1.30. The molecule has 6 nitrogen and oxygen atoms in total. The van der Waals surface area contributed by atoms with Gasteiger partial charge in [-0.2, -0.15) is 0 Å². The van der Waals surface area contributed by atoms with Crippen LogP contribution in [0.25, 0.3) is 0 Å². The summed E-state index contributed by atoms with van der Waals surface area (Å²) in [4.78, 5) is 27.8. The lowest BCUT2D eigenvalue weighted by atomic mass is 10.0. The normalized spacial score (nSPS) is 22.0. The maximum Gasteiger partial charge on any atom is 0.326 e. The van der Waals surface area contributed by atoms with Crippen LogP contribution in [0.15, 0.2) is 0 Å². The van der Waals surface area contributed by atoms with Gasteiger partial charge in [0.2, 0.25) is 0 Å². The third kappa shape index (κ3) is 5.53. The van der Waals surface area contributed by atoms with Crippen LogP contribution in [0, 0.1) is 5.92 Å². The van der Waals surface area contributed by atoms with Crippen LogP contribution in [0.3, 0.4) is 0 Å². The van der Waals surface area contributed by atoms with Crippen molar-refractivity contribution in [1.82, 2.24) is 15.1 Å². The number of hydrogen-bond acceptors (Lipinski definition) is 3. The minimum absolute atomic E-state index is 0.144. The number of aliphatic carboxylic acids is 1. The Kier molecular flexibility index (Phi) is 6.95. The number of carboxylic acids is 1. The third-order valence-electron chi connectivity index (χ3n) is 3.94. The standard InChI is InChI=1S/C15H29N3O3/c1-5-12-10-17(4)7-6-8-18(12)15(21)16-13(14(19)20)9-11(2)3/h11-13H,5-10H2,1-4H3,(H,16,21)(H,19,20)/t12?,13-/m0/s1. The van der Waals surface area contributed by atoms with Gasteiger partial charge < -0.3 is 20.2 Å². The highest BCUT2D eigenvalue weighted by Gasteiger charge is 2.29. The summed E-state index contributed by atoms with van der Waals surface area (Å²) in [6.07, 6.45) is 2.24. The van der Waals surface area contributed by atoms with Crippen molar-refractivity contribution in [2.24, 2.45) is 5.92 Å². The van der Waals surface area contributed by atoms with Crippen molar-refractivity contribution in [2.75, 3.05) is 26.7 Å². The largest absolute Gasteiger partial charge is 0.480 e. The minimum atomic E-state index is -0.961. The molecule has 0 radical (unpaired) electrons. The zero-order chi connectivity index (χ0) is 16.0. The molecule has 2 N–H and O–H groups in total. The van der Waals surface area contributed by atoms with Crippen LogP contribution in [0.1, 0.15) is 40.0 Å². The van der Waals surface area contributed by atoms with Gasteiger partial charge in [-0.15, -0.1) is 0 Å². The van der Waals surface area contributed by atoms with Gasteiger partial charge in [0, 0.05) is 19.1 Å². The number of urea groups is 1. The molecule has 6 heteroatoms. The number of nitrogens with zero attached hydrogens (tertiary/aromatic N) is 2. The molecule has 1 rings (SSSR count). The fourth-order valence-corrected chi connectivity index (χ4v) is 2.78. The highest BCUT2D eigenvalue weighted by molar-refractivity contribution is 5.82. The molecule has 1 aliphatic rings. The smallest absolute Gasteiger partial charge is 0.326 e. The van der Waals surface area contributed by atoms with E-state index in [-0.39, 0.29) is 18.0 Å². The van der Waals surface area contributed by atoms with E-state index in [0.29, 0.717) is 13.0 Å². The molecular weight excluding hydrogens is 270 g/mol. The molecule has 0 bridgehead atoms. The molecule has 1 fully saturated rings. The van der Waals surface area contributed by atoms with Crippen LogP contribution in [-0.4, -0.2) is 65.7 Å². The van der Waals surface area contributed by atoms with E-state index in [1.54, 1.807) is 4.90 Å². The van der Waals surface area contributed by atoms with E-state index in [1.165, 1.54) is 0 Å². The van der Waals surface area contributed by atoms with Crippen molar-refractivity contribution in [3.63, 3.8) is 0 Å². The topological polar surface area (TPSA) is 72.9 Å². The summed E-state index contributed by atoms with van der Waals surface area (Å²) in [5, 5.41) is 11.9. The van der Waals surface area contributed by atoms with Gasteiger partial charge in [-0.1, -0.05) is 20.8 Å². The summed E-state index contributed by atoms with van der Waals surface area (Å²) in [6, 6.07) is -0.910. The monoisotopic (exact) mass is 299 g/mol. The van der Waals surface area contributed by atoms with Crippen LogP contribution in [0.2, 0.25) is 0 Å². The predicted octanol–water partition coefficient (Wildman–Crippen LogP) is 1.61. The molecule has 0 aromatic rings. The number of carboxylic acid groups (broad SMARTS) is 1. The Morgan fingerprint density at radius 1 is 1.33 bits per heavy atom. The summed E-state index contributed by atoms with van der Waals surface area (Å²) in [5.41, 5.74) is 0. The number of likely N-dealkylation sites (N-methyl/N-ethyl adjacent to an activating group) is 1. The molecule has 1 unspecified atom stereocenters. The summed E-state index contributed by atoms with van der Waals surface area (Å²) in [6.45, 7) is 8.46. The first-order chi connectivity index (χ1) is 9.85. The van der Waals surface area contributed by atoms with Gasteiger partial charge in [0.25, 0.3) is 0 Å². The van der Waals surface area contributed by atoms with Gasteiger partial charge in [-0.3, -0.25) is 0 Å². The SMILES string of the molecule is CCC1CN(C)CCCN1C(=O)N[C@@H](CC(C)C)C(=O)O. The summed E-state index contributed by atoms with van der Waals surface area (Å²) < 4.78 is 0. The Bertz CT molecular complexity index is 360. The zero-order valence-electron chi connectivity index (χ0n) is 13.6. The van der Waals surface area contributed by atoms with E-state index in [2.05, 4.69) is 24.2 Å². The molecule has 0 saturated carbocycles. The van der Waals surface area contributed by atoms with E-state index in [4.69, 9.17) is 0 Å². The summed E-state index contributed by atoms with van der Waals surface area (Å²) in [5.74, 6) is -0.735. The molecule has 0 spiro atoms. The van der Waals surface area contributed by atoms with Crippen LogP contribution in [0.4, 0.5) is 4.79 Å². The number of nitrogens with one attached hydrogen (secondary N) is 1. The lowest BCUT2D eigenvalue weighted by Crippen LogP contribution is -2.52. The lowest BCUT2D eigenvalue weighted by molar-refractivity contribution is -0.139. The van der Waals surface area contributed by atoms with Crippen molar-refractivity contribution in [1.29, 1.82) is 0 Å². The Morgan fingerprint density at radius 3 is 2.52 bits per heavy atom. The first-order valence-corrected chi connectivity index (χ1v) is 7.83. The quantitative estimate of drug-likeness (QED) is 0.809. The van der Waals surface area contributed by atoms with Crippen LogP contribution < -0.4 is 5.32 Å². The fourth-order valence-electron chi connectivity index (χ4n) is 2.78. The first kappa shape index (κ1) is 17.8. The van der Waals surface area contributed by atoms with Crippen molar-refractivity contribution in [3.05, 3.63) is 0 Å². The molecule has 2 atom stereocenters. The molecule has 122 valence electrons. The number of hydrogen-bond donors (Lipinski definition) is 2. The number of carbonyl (C=O) groups is 2. The van der Waals surface area contributed by atoms with Crippen LogP contribution in [0.5, 0.6) is 0 Å². The molecule has 0 aromatic carbocycles. The lowest BCUT2D eigenvalue weighted by Gasteiger charge is -2.31. The van der Waals surface area contributed by atoms with Crippen LogP contribution in [-0.2, 0) is 4.79 Å². The average molecular weight is 299 g/mol. The number of rotatable bonds is 5. The van der Waals surface area contributed by atoms with E-state index >= 15 is 0 Å². The molecule has 1 saturated heterocycles. The van der Waals surface area contributed by atoms with Gasteiger partial charge in [-0.25, -0.2) is 9.59 Å². The summed E-state index contributed by atoms with van der Waals surface area (Å²) >= 11 is 0. The Morgan fingerprint density at radius 2 is 2.00 bits per heavy atom. The second-order valence-corrected chi connectivity index (χ2v) is 6.34. The van der Waals surface area contributed by atoms with E-state index in [1.807, 2.05) is 13.8 Å². The number of carbonyl (C=O) groups excluding carboxylic acids is 1. The van der Waals surface area contributed by atoms with Crippen molar-refractivity contribution in [3.8, 4) is 0 Å². The third-order valence-corrected chi connectivity index (χ3v) is 3.94. The summed E-state index contributed by atoms with van der Waals surface area (Å²) in [7, 11) is 2.06. The maximum atomic E-state index is 12.5. The maximum absolute atomic E-state index is 12.5. The predicted molar refractivity (Wildman–Crippen MR) is 82.3 cm³/mol. The fraction of sp³-hybridized carbons (Fsp3) is 0.867. The van der Waals surface area contributed by atoms with Gasteiger partial charge in [0.05, 0.1) is 0 Å². The van der Waals surface area contributed by atoms with Gasteiger partial charge in [0.1, 0.15) is 6.04 Å². The molecule has 21 heavy (non-hydrogen) atoms. The van der Waals surface area contributed by atoms with Crippen LogP contribution >= 0.6 is 0 Å². The molecule has 1 heterocycles. The van der Waals surface area contributed by atoms with E-state index < -0.39 is 12.0 Å². The molecule has 0 aliphatic carbocycles. The van der Waals surface area contributed by atoms with Crippen molar-refractivity contribution >= 4 is 12.0 Å². The Balaban J connectivity index is 2.72. The Labute approximate surface area is 127 Å². The number of amides is 2. The van der Waals surface area contributed by atoms with E-state index in [9.17, 15) is 14.7 Å². The zero-order valence-corrected chi connectivity index (χ0v) is 13.6.